The highest BCUT2D eigenvalue weighted by atomic mass is 35.5. The quantitative estimate of drug-likeness (QED) is 0.753. The number of nitrogens with zero attached hydrogens (tertiary/aromatic N) is 4. The van der Waals surface area contributed by atoms with Crippen LogP contribution in [0.1, 0.15) is 6.92 Å². The van der Waals surface area contributed by atoms with Crippen molar-refractivity contribution in [3.8, 4) is 18.0 Å². The van der Waals surface area contributed by atoms with Gasteiger partial charge in [-0.2, -0.15) is 16.9 Å². The monoisotopic (exact) mass is 348 g/mol. The molecule has 23 heavy (non-hydrogen) atoms. The number of thioether (sulfide) groups is 1. The summed E-state index contributed by atoms with van der Waals surface area (Å²) in [5.74, 6) is 3.01. The Morgan fingerprint density at radius 2 is 2.39 bits per heavy atom. The summed E-state index contributed by atoms with van der Waals surface area (Å²) in [5, 5.41) is 4.48. The van der Waals surface area contributed by atoms with Crippen LogP contribution in [0, 0.1) is 18.3 Å². The molecule has 1 amide bonds. The maximum Gasteiger partial charge on any atom is 0.231 e. The molecule has 2 aromatic rings. The van der Waals surface area contributed by atoms with Crippen LogP contribution in [0.2, 0.25) is 5.15 Å². The molecule has 7 heteroatoms. The predicted octanol–water partition coefficient (Wildman–Crippen LogP) is 2.89. The first-order valence-corrected chi connectivity index (χ1v) is 8.75. The van der Waals surface area contributed by atoms with Gasteiger partial charge in [0.2, 0.25) is 5.91 Å². The van der Waals surface area contributed by atoms with Crippen LogP contribution in [0.25, 0.3) is 5.69 Å². The summed E-state index contributed by atoms with van der Waals surface area (Å²) in [6, 6.07) is 3.65. The van der Waals surface area contributed by atoms with E-state index in [0.717, 1.165) is 5.69 Å². The standard InChI is InChI=1S/C16H17ClN4OS/c1-4-8-20(16(22)12(2)11-23-3)14-10-21(19-15(14)17)13-6-5-7-18-9-13/h1,5-7,9-10,12H,8,11H2,2-3H3. The van der Waals surface area contributed by atoms with E-state index in [9.17, 15) is 4.79 Å². The number of hydrogen-bond acceptors (Lipinski definition) is 4. The number of pyridine rings is 1. The van der Waals surface area contributed by atoms with E-state index in [1.807, 2.05) is 19.2 Å². The third-order valence-electron chi connectivity index (χ3n) is 3.21. The van der Waals surface area contributed by atoms with Crippen molar-refractivity contribution in [3.05, 3.63) is 35.9 Å². The van der Waals surface area contributed by atoms with Gasteiger partial charge in [-0.25, -0.2) is 4.68 Å². The minimum absolute atomic E-state index is 0.0649. The summed E-state index contributed by atoms with van der Waals surface area (Å²) in [6.07, 6.45) is 12.4. The molecule has 2 rings (SSSR count). The zero-order valence-corrected chi connectivity index (χ0v) is 14.5. The highest BCUT2D eigenvalue weighted by molar-refractivity contribution is 7.98. The molecule has 0 N–H and O–H groups in total. The number of carbonyl (C=O) groups excluding carboxylic acids is 1. The van der Waals surface area contributed by atoms with Gasteiger partial charge in [-0.15, -0.1) is 6.42 Å². The zero-order valence-electron chi connectivity index (χ0n) is 12.9. The van der Waals surface area contributed by atoms with Crippen LogP contribution < -0.4 is 4.90 Å². The molecular formula is C16H17ClN4OS. The fourth-order valence-corrected chi connectivity index (χ4v) is 2.98. The molecule has 5 nitrogen and oxygen atoms in total. The lowest BCUT2D eigenvalue weighted by Crippen LogP contribution is -2.36. The molecule has 120 valence electrons. The van der Waals surface area contributed by atoms with Crippen molar-refractivity contribution in [1.29, 1.82) is 0 Å². The number of hydrogen-bond donors (Lipinski definition) is 0. The van der Waals surface area contributed by atoms with Gasteiger partial charge in [0.15, 0.2) is 5.15 Å². The number of halogens is 1. The summed E-state index contributed by atoms with van der Waals surface area (Å²) < 4.78 is 1.58. The zero-order chi connectivity index (χ0) is 16.8. The Bertz CT molecular complexity index is 711. The number of amides is 1. The maximum atomic E-state index is 12.6. The van der Waals surface area contributed by atoms with Gasteiger partial charge in [0.25, 0.3) is 0 Å². The molecule has 0 bridgehead atoms. The maximum absolute atomic E-state index is 12.6. The van der Waals surface area contributed by atoms with E-state index in [-0.39, 0.29) is 23.5 Å². The molecule has 1 atom stereocenters. The molecule has 0 saturated carbocycles. The highest BCUT2D eigenvalue weighted by Crippen LogP contribution is 2.27. The van der Waals surface area contributed by atoms with E-state index in [0.29, 0.717) is 11.4 Å². The number of rotatable bonds is 6. The van der Waals surface area contributed by atoms with E-state index in [1.54, 1.807) is 41.1 Å². The van der Waals surface area contributed by atoms with E-state index >= 15 is 0 Å². The average Bonchev–Trinajstić information content (AvgIpc) is 2.94. The molecule has 0 spiro atoms. The third-order valence-corrected chi connectivity index (χ3v) is 4.31. The lowest BCUT2D eigenvalue weighted by Gasteiger charge is -2.22. The molecular weight excluding hydrogens is 332 g/mol. The van der Waals surface area contributed by atoms with Crippen LogP contribution in [0.5, 0.6) is 0 Å². The minimum atomic E-state index is -0.156. The topological polar surface area (TPSA) is 51.0 Å². The summed E-state index contributed by atoms with van der Waals surface area (Å²) in [5.41, 5.74) is 1.26. The van der Waals surface area contributed by atoms with Crippen molar-refractivity contribution in [2.75, 3.05) is 23.5 Å². The predicted molar refractivity (Wildman–Crippen MR) is 95.1 cm³/mol. The van der Waals surface area contributed by atoms with Gasteiger partial charge in [0.05, 0.1) is 24.6 Å². The van der Waals surface area contributed by atoms with Crippen molar-refractivity contribution < 1.29 is 4.79 Å². The second-order valence-corrected chi connectivity index (χ2v) is 6.21. The van der Waals surface area contributed by atoms with Crippen molar-refractivity contribution in [2.45, 2.75) is 6.92 Å². The molecule has 2 aromatic heterocycles. The molecule has 0 aromatic carbocycles. The van der Waals surface area contributed by atoms with Crippen LogP contribution in [0.4, 0.5) is 5.69 Å². The van der Waals surface area contributed by atoms with E-state index in [2.05, 4.69) is 16.0 Å². The number of anilines is 1. The fourth-order valence-electron chi connectivity index (χ4n) is 2.11. The number of aromatic nitrogens is 3. The first-order valence-electron chi connectivity index (χ1n) is 6.97. The Kier molecular flexibility index (Phi) is 6.08. The van der Waals surface area contributed by atoms with Crippen molar-refractivity contribution >= 4 is 35.0 Å². The Hall–Kier alpha value is -1.97. The normalized spacial score (nSPS) is 11.7. The lowest BCUT2D eigenvalue weighted by molar-refractivity contribution is -0.121. The fraction of sp³-hybridized carbons (Fsp3) is 0.312. The highest BCUT2D eigenvalue weighted by Gasteiger charge is 2.25. The van der Waals surface area contributed by atoms with Crippen molar-refractivity contribution in [1.82, 2.24) is 14.8 Å². The van der Waals surface area contributed by atoms with Gasteiger partial charge < -0.3 is 0 Å². The van der Waals surface area contributed by atoms with Gasteiger partial charge in [-0.1, -0.05) is 24.4 Å². The van der Waals surface area contributed by atoms with E-state index < -0.39 is 0 Å². The second-order valence-electron chi connectivity index (χ2n) is 4.95. The Morgan fingerprint density at radius 3 is 3.00 bits per heavy atom. The largest absolute Gasteiger partial charge is 0.296 e. The molecule has 0 saturated heterocycles. The molecule has 0 aliphatic heterocycles. The van der Waals surface area contributed by atoms with E-state index in [4.69, 9.17) is 18.0 Å². The number of carbonyl (C=O) groups is 1. The summed E-state index contributed by atoms with van der Waals surface area (Å²) >= 11 is 7.84. The molecule has 0 radical (unpaired) electrons. The van der Waals surface area contributed by atoms with Gasteiger partial charge in [-0.3, -0.25) is 14.7 Å². The van der Waals surface area contributed by atoms with Gasteiger partial charge in [0.1, 0.15) is 5.69 Å². The first kappa shape index (κ1) is 17.4. The second kappa shape index (κ2) is 8.04. The van der Waals surface area contributed by atoms with Crippen molar-refractivity contribution in [3.63, 3.8) is 0 Å². The SMILES string of the molecule is C#CCN(C(=O)C(C)CSC)c1cn(-c2cccnc2)nc1Cl. The van der Waals surface area contributed by atoms with Crippen molar-refractivity contribution in [2.24, 2.45) is 5.92 Å². The van der Waals surface area contributed by atoms with Crippen LogP contribution in [-0.4, -0.2) is 39.2 Å². The van der Waals surface area contributed by atoms with Crippen LogP contribution in [0.15, 0.2) is 30.7 Å². The van der Waals surface area contributed by atoms with Gasteiger partial charge in [-0.05, 0) is 18.4 Å². The van der Waals surface area contributed by atoms with E-state index in [1.165, 1.54) is 4.90 Å². The number of terminal acetylenes is 1. The molecule has 0 aliphatic carbocycles. The average molecular weight is 349 g/mol. The van der Waals surface area contributed by atoms with Gasteiger partial charge >= 0.3 is 0 Å². The first-order chi connectivity index (χ1) is 11.1. The Morgan fingerprint density at radius 1 is 1.61 bits per heavy atom. The van der Waals surface area contributed by atoms with Crippen LogP contribution in [0.3, 0.4) is 0 Å². The lowest BCUT2D eigenvalue weighted by atomic mass is 10.2. The molecule has 0 fully saturated rings. The Balaban J connectivity index is 2.35. The van der Waals surface area contributed by atoms with Gasteiger partial charge in [0, 0.05) is 17.9 Å². The molecule has 1 unspecified atom stereocenters. The third kappa shape index (κ3) is 4.06. The van der Waals surface area contributed by atoms with Crippen LogP contribution in [-0.2, 0) is 4.79 Å². The molecule has 2 heterocycles. The minimum Gasteiger partial charge on any atom is -0.296 e. The van der Waals surface area contributed by atoms with Crippen LogP contribution >= 0.6 is 23.4 Å². The summed E-state index contributed by atoms with van der Waals surface area (Å²) in [6.45, 7) is 2.03. The summed E-state index contributed by atoms with van der Waals surface area (Å²) in [7, 11) is 0. The molecule has 0 aliphatic rings. The smallest absolute Gasteiger partial charge is 0.231 e. The Labute approximate surface area is 145 Å². The summed E-state index contributed by atoms with van der Waals surface area (Å²) in [4.78, 5) is 18.2.